The van der Waals surface area contributed by atoms with Gasteiger partial charge in [-0.3, -0.25) is 9.59 Å². The maximum atomic E-state index is 13.1. The van der Waals surface area contributed by atoms with Crippen molar-refractivity contribution in [2.45, 2.75) is 32.7 Å². The first-order valence-corrected chi connectivity index (χ1v) is 8.21. The Labute approximate surface area is 145 Å². The number of amides is 1. The third-order valence-corrected chi connectivity index (χ3v) is 4.81. The van der Waals surface area contributed by atoms with Crippen molar-refractivity contribution in [3.63, 3.8) is 0 Å². The third kappa shape index (κ3) is 3.38. The largest absolute Gasteiger partial charge is 0.481 e. The second-order valence-electron chi connectivity index (χ2n) is 6.75. The van der Waals surface area contributed by atoms with Crippen molar-refractivity contribution in [1.82, 2.24) is 25.1 Å². The molecule has 1 amide bonds. The summed E-state index contributed by atoms with van der Waals surface area (Å²) in [5, 5.41) is 20.9. The first-order chi connectivity index (χ1) is 11.9. The molecule has 1 saturated heterocycles. The molecule has 2 heterocycles. The van der Waals surface area contributed by atoms with Gasteiger partial charge in [-0.1, -0.05) is 30.3 Å². The highest BCUT2D eigenvalue weighted by molar-refractivity contribution is 5.83. The van der Waals surface area contributed by atoms with E-state index in [4.69, 9.17) is 0 Å². The summed E-state index contributed by atoms with van der Waals surface area (Å²) in [4.78, 5) is 26.2. The lowest BCUT2D eigenvalue weighted by atomic mass is 9.90. The Balaban J connectivity index is 1.86. The van der Waals surface area contributed by atoms with Crippen molar-refractivity contribution >= 4 is 11.9 Å². The van der Waals surface area contributed by atoms with E-state index in [9.17, 15) is 14.7 Å². The summed E-state index contributed by atoms with van der Waals surface area (Å²) in [7, 11) is 0. The van der Waals surface area contributed by atoms with Crippen LogP contribution in [0.2, 0.25) is 0 Å². The molecule has 25 heavy (non-hydrogen) atoms. The van der Waals surface area contributed by atoms with Gasteiger partial charge in [-0.2, -0.15) is 0 Å². The van der Waals surface area contributed by atoms with E-state index in [0.717, 1.165) is 5.56 Å². The lowest BCUT2D eigenvalue weighted by molar-refractivity contribution is -0.147. The zero-order chi connectivity index (χ0) is 18.0. The van der Waals surface area contributed by atoms with Crippen LogP contribution in [0, 0.1) is 12.3 Å². The molecule has 0 saturated carbocycles. The van der Waals surface area contributed by atoms with Crippen LogP contribution in [0.3, 0.4) is 0 Å². The van der Waals surface area contributed by atoms with Crippen molar-refractivity contribution in [1.29, 1.82) is 0 Å². The summed E-state index contributed by atoms with van der Waals surface area (Å²) in [5.41, 5.74) is 0.0961. The summed E-state index contributed by atoms with van der Waals surface area (Å²) >= 11 is 0. The Morgan fingerprint density at radius 3 is 2.60 bits per heavy atom. The number of carboxylic acid groups (broad SMARTS) is 1. The molecule has 1 fully saturated rings. The van der Waals surface area contributed by atoms with Gasteiger partial charge in [-0.15, -0.1) is 5.10 Å². The summed E-state index contributed by atoms with van der Waals surface area (Å²) in [5.74, 6) is -0.472. The van der Waals surface area contributed by atoms with E-state index in [1.54, 1.807) is 18.7 Å². The minimum Gasteiger partial charge on any atom is -0.481 e. The number of hydrogen-bond acceptors (Lipinski definition) is 5. The second-order valence-corrected chi connectivity index (χ2v) is 6.75. The highest BCUT2D eigenvalue weighted by Crippen LogP contribution is 2.32. The molecule has 2 atom stereocenters. The Hall–Kier alpha value is -2.77. The number of aliphatic carboxylic acids is 1. The number of aromatic nitrogens is 4. The van der Waals surface area contributed by atoms with Crippen molar-refractivity contribution < 1.29 is 14.7 Å². The van der Waals surface area contributed by atoms with E-state index in [-0.39, 0.29) is 12.5 Å². The van der Waals surface area contributed by atoms with E-state index < -0.39 is 17.4 Å². The summed E-state index contributed by atoms with van der Waals surface area (Å²) in [6.07, 6.45) is 0.895. The number of nitrogens with zero attached hydrogens (tertiary/aromatic N) is 5. The molecule has 1 aliphatic heterocycles. The number of carbonyl (C=O) groups excluding carboxylic acids is 1. The van der Waals surface area contributed by atoms with Gasteiger partial charge in [0.1, 0.15) is 11.9 Å². The van der Waals surface area contributed by atoms with E-state index in [0.29, 0.717) is 25.2 Å². The molecule has 8 heteroatoms. The lowest BCUT2D eigenvalue weighted by Crippen LogP contribution is -2.40. The number of likely N-dealkylation sites (tertiary alicyclic amines) is 1. The Morgan fingerprint density at radius 1 is 1.32 bits per heavy atom. The van der Waals surface area contributed by atoms with Gasteiger partial charge in [0.2, 0.25) is 5.91 Å². The maximum Gasteiger partial charge on any atom is 0.311 e. The molecule has 3 rings (SSSR count). The zero-order valence-corrected chi connectivity index (χ0v) is 14.3. The van der Waals surface area contributed by atoms with Crippen LogP contribution < -0.4 is 0 Å². The highest BCUT2D eigenvalue weighted by atomic mass is 16.4. The van der Waals surface area contributed by atoms with E-state index in [2.05, 4.69) is 15.5 Å². The average molecular weight is 343 g/mol. The summed E-state index contributed by atoms with van der Waals surface area (Å²) in [6.45, 7) is 4.05. The van der Waals surface area contributed by atoms with Gasteiger partial charge in [0, 0.05) is 19.5 Å². The quantitative estimate of drug-likeness (QED) is 0.872. The van der Waals surface area contributed by atoms with E-state index >= 15 is 0 Å². The monoisotopic (exact) mass is 343 g/mol. The number of benzene rings is 1. The molecule has 0 spiro atoms. The van der Waals surface area contributed by atoms with Gasteiger partial charge >= 0.3 is 5.97 Å². The SMILES string of the molecule is Cc1nnnn1[C@@H](Cc1ccccc1)C(=O)N1CC[C@@](C)(C(=O)O)C1. The van der Waals surface area contributed by atoms with Gasteiger partial charge < -0.3 is 10.0 Å². The molecule has 0 unspecified atom stereocenters. The molecule has 8 nitrogen and oxygen atoms in total. The predicted octanol–water partition coefficient (Wildman–Crippen LogP) is 1.09. The minimum atomic E-state index is -0.900. The topological polar surface area (TPSA) is 101 Å². The molecule has 1 aliphatic rings. The zero-order valence-electron chi connectivity index (χ0n) is 14.3. The molecule has 0 aliphatic carbocycles. The fraction of sp³-hybridized carbons (Fsp3) is 0.471. The smallest absolute Gasteiger partial charge is 0.311 e. The molecular weight excluding hydrogens is 322 g/mol. The Kier molecular flexibility index (Phi) is 4.52. The normalized spacial score (nSPS) is 21.3. The molecule has 132 valence electrons. The van der Waals surface area contributed by atoms with Crippen molar-refractivity contribution in [3.8, 4) is 0 Å². The van der Waals surface area contributed by atoms with Crippen LogP contribution in [0.1, 0.15) is 30.8 Å². The number of rotatable bonds is 5. The van der Waals surface area contributed by atoms with Crippen LogP contribution in [0.25, 0.3) is 0 Å². The minimum absolute atomic E-state index is 0.149. The van der Waals surface area contributed by atoms with Gasteiger partial charge in [0.15, 0.2) is 0 Å². The fourth-order valence-corrected chi connectivity index (χ4v) is 3.18. The number of carbonyl (C=O) groups is 2. The number of carboxylic acids is 1. The molecule has 1 N–H and O–H groups in total. The van der Waals surface area contributed by atoms with Gasteiger partial charge in [0.25, 0.3) is 0 Å². The van der Waals surface area contributed by atoms with E-state index in [1.165, 1.54) is 4.68 Å². The molecule has 1 aromatic heterocycles. The summed E-state index contributed by atoms with van der Waals surface area (Å²) < 4.78 is 1.52. The van der Waals surface area contributed by atoms with Crippen LogP contribution >= 0.6 is 0 Å². The molecule has 0 radical (unpaired) electrons. The molecule has 0 bridgehead atoms. The molecule has 2 aromatic rings. The van der Waals surface area contributed by atoms with Gasteiger partial charge in [0.05, 0.1) is 5.41 Å². The van der Waals surface area contributed by atoms with Crippen molar-refractivity contribution in [2.75, 3.05) is 13.1 Å². The van der Waals surface area contributed by atoms with Crippen LogP contribution in [0.4, 0.5) is 0 Å². The number of hydrogen-bond donors (Lipinski definition) is 1. The first-order valence-electron chi connectivity index (χ1n) is 8.21. The lowest BCUT2D eigenvalue weighted by Gasteiger charge is -2.25. The van der Waals surface area contributed by atoms with Gasteiger partial charge in [-0.05, 0) is 36.3 Å². The second kappa shape index (κ2) is 6.62. The van der Waals surface area contributed by atoms with Crippen LogP contribution in [-0.2, 0) is 16.0 Å². The standard InChI is InChI=1S/C17H21N5O3/c1-12-18-19-20-22(12)14(10-13-6-4-3-5-7-13)15(23)21-9-8-17(2,11-21)16(24)25/h3-7,14H,8-11H2,1-2H3,(H,24,25)/t14-,17+/m0/s1. The van der Waals surface area contributed by atoms with Crippen LogP contribution in [0.5, 0.6) is 0 Å². The van der Waals surface area contributed by atoms with Crippen LogP contribution in [-0.4, -0.2) is 55.2 Å². The fourth-order valence-electron chi connectivity index (χ4n) is 3.18. The van der Waals surface area contributed by atoms with Gasteiger partial charge in [-0.25, -0.2) is 4.68 Å². The Morgan fingerprint density at radius 2 is 2.04 bits per heavy atom. The van der Waals surface area contributed by atoms with E-state index in [1.807, 2.05) is 30.3 Å². The maximum absolute atomic E-state index is 13.1. The van der Waals surface area contributed by atoms with Crippen molar-refractivity contribution in [2.24, 2.45) is 5.41 Å². The number of tetrazole rings is 1. The van der Waals surface area contributed by atoms with Crippen LogP contribution in [0.15, 0.2) is 30.3 Å². The Bertz CT molecular complexity index is 776. The number of aryl methyl sites for hydroxylation is 1. The predicted molar refractivity (Wildman–Crippen MR) is 88.7 cm³/mol. The third-order valence-electron chi connectivity index (χ3n) is 4.81. The molecule has 1 aromatic carbocycles. The average Bonchev–Trinajstić information content (AvgIpc) is 3.20. The summed E-state index contributed by atoms with van der Waals surface area (Å²) in [6, 6.07) is 9.06. The first kappa shape index (κ1) is 17.1. The van der Waals surface area contributed by atoms with Crippen molar-refractivity contribution in [3.05, 3.63) is 41.7 Å². The molecular formula is C17H21N5O3. The highest BCUT2D eigenvalue weighted by Gasteiger charge is 2.44.